The normalized spacial score (nSPS) is 22.7. The lowest BCUT2D eigenvalue weighted by atomic mass is 9.94. The van der Waals surface area contributed by atoms with Gasteiger partial charge >= 0.3 is 6.18 Å². The molecular weight excluding hydrogens is 287 g/mol. The van der Waals surface area contributed by atoms with Crippen LogP contribution in [0, 0.1) is 5.92 Å². The van der Waals surface area contributed by atoms with Crippen molar-refractivity contribution in [3.05, 3.63) is 0 Å². The van der Waals surface area contributed by atoms with Gasteiger partial charge in [0.1, 0.15) is 0 Å². The van der Waals surface area contributed by atoms with Crippen molar-refractivity contribution < 1.29 is 22.8 Å². The van der Waals surface area contributed by atoms with Gasteiger partial charge in [0.05, 0.1) is 18.5 Å². The zero-order valence-corrected chi connectivity index (χ0v) is 12.3. The van der Waals surface area contributed by atoms with E-state index in [-0.39, 0.29) is 31.8 Å². The lowest BCUT2D eigenvalue weighted by Crippen LogP contribution is -2.52. The summed E-state index contributed by atoms with van der Waals surface area (Å²) in [4.78, 5) is 25.1. The monoisotopic (exact) mass is 309 g/mol. The van der Waals surface area contributed by atoms with E-state index in [1.165, 1.54) is 0 Å². The van der Waals surface area contributed by atoms with Gasteiger partial charge in [-0.15, -0.1) is 0 Å². The van der Waals surface area contributed by atoms with Gasteiger partial charge in [-0.25, -0.2) is 0 Å². The first-order valence-electron chi connectivity index (χ1n) is 7.15. The summed E-state index contributed by atoms with van der Waals surface area (Å²) in [6.07, 6.45) is -4.18. The molecule has 0 aliphatic carbocycles. The maximum atomic E-state index is 12.5. The third-order valence-corrected chi connectivity index (χ3v) is 3.72. The number of likely N-dealkylation sites (N-methyl/N-ethyl adjacent to an activating group) is 1. The molecular formula is C13H22F3N3O2. The molecule has 0 saturated carbocycles. The van der Waals surface area contributed by atoms with E-state index in [2.05, 4.69) is 10.6 Å². The maximum absolute atomic E-state index is 12.5. The zero-order chi connectivity index (χ0) is 16.0. The highest BCUT2D eigenvalue weighted by molar-refractivity contribution is 5.87. The van der Waals surface area contributed by atoms with Crippen molar-refractivity contribution in [1.29, 1.82) is 0 Å². The summed E-state index contributed by atoms with van der Waals surface area (Å²) in [6, 6.07) is -0.659. The zero-order valence-electron chi connectivity index (χ0n) is 12.3. The van der Waals surface area contributed by atoms with Gasteiger partial charge in [0.25, 0.3) is 0 Å². The van der Waals surface area contributed by atoms with Crippen LogP contribution in [0.3, 0.4) is 0 Å². The van der Waals surface area contributed by atoms with Gasteiger partial charge in [-0.05, 0) is 26.7 Å². The lowest BCUT2D eigenvalue weighted by Gasteiger charge is -2.30. The molecule has 0 bridgehead atoms. The van der Waals surface area contributed by atoms with Crippen LogP contribution in [0.25, 0.3) is 0 Å². The van der Waals surface area contributed by atoms with Crippen molar-refractivity contribution in [3.8, 4) is 0 Å². The smallest absolute Gasteiger partial charge is 0.346 e. The van der Waals surface area contributed by atoms with Gasteiger partial charge in [-0.3, -0.25) is 9.59 Å². The van der Waals surface area contributed by atoms with Crippen molar-refractivity contribution in [2.45, 2.75) is 38.9 Å². The fourth-order valence-electron chi connectivity index (χ4n) is 2.33. The van der Waals surface area contributed by atoms with Gasteiger partial charge in [0.15, 0.2) is 0 Å². The number of piperidine rings is 1. The molecule has 0 aromatic carbocycles. The molecule has 2 amide bonds. The SMILES string of the molecule is CCN(CC)C(=O)CNC(=O)C1CCC(C(F)(F)F)CN1. The van der Waals surface area contributed by atoms with Crippen molar-refractivity contribution in [2.75, 3.05) is 26.2 Å². The molecule has 5 nitrogen and oxygen atoms in total. The second-order valence-corrected chi connectivity index (χ2v) is 5.06. The third kappa shape index (κ3) is 5.18. The van der Waals surface area contributed by atoms with Crippen LogP contribution in [0.4, 0.5) is 13.2 Å². The van der Waals surface area contributed by atoms with Gasteiger partial charge in [0.2, 0.25) is 11.8 Å². The van der Waals surface area contributed by atoms with Crippen LogP contribution in [0.1, 0.15) is 26.7 Å². The molecule has 122 valence electrons. The largest absolute Gasteiger partial charge is 0.393 e. The number of alkyl halides is 3. The molecule has 21 heavy (non-hydrogen) atoms. The molecule has 0 aromatic rings. The van der Waals surface area contributed by atoms with Crippen LogP contribution in [-0.4, -0.2) is 55.1 Å². The molecule has 0 spiro atoms. The standard InChI is InChI=1S/C13H22F3N3O2/c1-3-19(4-2)11(20)8-18-12(21)10-6-5-9(7-17-10)13(14,15)16/h9-10,17H,3-8H2,1-2H3,(H,18,21). The minimum atomic E-state index is -4.23. The number of nitrogens with one attached hydrogen (secondary N) is 2. The Balaban J connectivity index is 2.36. The molecule has 0 aromatic heterocycles. The fraction of sp³-hybridized carbons (Fsp3) is 0.846. The summed E-state index contributed by atoms with van der Waals surface area (Å²) in [5.74, 6) is -2.02. The molecule has 1 saturated heterocycles. The first kappa shape index (κ1) is 17.7. The van der Waals surface area contributed by atoms with E-state index in [1.54, 1.807) is 4.90 Å². The van der Waals surface area contributed by atoms with E-state index in [1.807, 2.05) is 13.8 Å². The summed E-state index contributed by atoms with van der Waals surface area (Å²) in [7, 11) is 0. The molecule has 0 radical (unpaired) electrons. The van der Waals surface area contributed by atoms with Crippen molar-refractivity contribution in [3.63, 3.8) is 0 Å². The number of nitrogens with zero attached hydrogens (tertiary/aromatic N) is 1. The number of hydrogen-bond donors (Lipinski definition) is 2. The van der Waals surface area contributed by atoms with E-state index >= 15 is 0 Å². The summed E-state index contributed by atoms with van der Waals surface area (Å²) in [5, 5.41) is 5.08. The first-order chi connectivity index (χ1) is 9.79. The lowest BCUT2D eigenvalue weighted by molar-refractivity contribution is -0.180. The number of halogens is 3. The second-order valence-electron chi connectivity index (χ2n) is 5.06. The van der Waals surface area contributed by atoms with Crippen LogP contribution < -0.4 is 10.6 Å². The Kier molecular flexibility index (Phi) is 6.44. The van der Waals surface area contributed by atoms with Crippen LogP contribution in [0.2, 0.25) is 0 Å². The van der Waals surface area contributed by atoms with Crippen molar-refractivity contribution in [1.82, 2.24) is 15.5 Å². The van der Waals surface area contributed by atoms with Crippen molar-refractivity contribution in [2.24, 2.45) is 5.92 Å². The van der Waals surface area contributed by atoms with Gasteiger partial charge in [-0.2, -0.15) is 13.2 Å². The highest BCUT2D eigenvalue weighted by Crippen LogP contribution is 2.31. The van der Waals surface area contributed by atoms with Crippen LogP contribution in [0.15, 0.2) is 0 Å². The van der Waals surface area contributed by atoms with E-state index in [0.717, 1.165) is 0 Å². The number of rotatable bonds is 5. The Bertz CT molecular complexity index is 362. The first-order valence-corrected chi connectivity index (χ1v) is 7.15. The Labute approximate surface area is 122 Å². The topological polar surface area (TPSA) is 61.4 Å². The summed E-state index contributed by atoms with van der Waals surface area (Å²) >= 11 is 0. The molecule has 1 heterocycles. The molecule has 1 aliphatic rings. The van der Waals surface area contributed by atoms with E-state index in [4.69, 9.17) is 0 Å². The quantitative estimate of drug-likeness (QED) is 0.793. The molecule has 1 fully saturated rings. The fourth-order valence-corrected chi connectivity index (χ4v) is 2.33. The van der Waals surface area contributed by atoms with Crippen LogP contribution >= 0.6 is 0 Å². The Morgan fingerprint density at radius 1 is 1.24 bits per heavy atom. The molecule has 2 unspecified atom stereocenters. The number of carbonyl (C=O) groups is 2. The highest BCUT2D eigenvalue weighted by atomic mass is 19.4. The van der Waals surface area contributed by atoms with E-state index in [9.17, 15) is 22.8 Å². The molecule has 1 rings (SSSR count). The third-order valence-electron chi connectivity index (χ3n) is 3.72. The predicted molar refractivity (Wildman–Crippen MR) is 71.5 cm³/mol. The number of carbonyl (C=O) groups excluding carboxylic acids is 2. The van der Waals surface area contributed by atoms with Crippen LogP contribution in [-0.2, 0) is 9.59 Å². The molecule has 8 heteroatoms. The Morgan fingerprint density at radius 3 is 2.29 bits per heavy atom. The number of amides is 2. The summed E-state index contributed by atoms with van der Waals surface area (Å²) in [6.45, 7) is 4.40. The maximum Gasteiger partial charge on any atom is 0.393 e. The molecule has 2 N–H and O–H groups in total. The van der Waals surface area contributed by atoms with Crippen molar-refractivity contribution >= 4 is 11.8 Å². The Morgan fingerprint density at radius 2 is 1.86 bits per heavy atom. The van der Waals surface area contributed by atoms with E-state index in [0.29, 0.717) is 13.1 Å². The second kappa shape index (κ2) is 7.63. The summed E-state index contributed by atoms with van der Waals surface area (Å²) < 4.78 is 37.5. The Hall–Kier alpha value is -1.31. The van der Waals surface area contributed by atoms with Gasteiger partial charge < -0.3 is 15.5 Å². The highest BCUT2D eigenvalue weighted by Gasteiger charge is 2.42. The van der Waals surface area contributed by atoms with Crippen LogP contribution in [0.5, 0.6) is 0 Å². The summed E-state index contributed by atoms with van der Waals surface area (Å²) in [5.41, 5.74) is 0. The molecule has 2 atom stereocenters. The van der Waals surface area contributed by atoms with E-state index < -0.39 is 24.0 Å². The predicted octanol–water partition coefficient (Wildman–Crippen LogP) is 0.901. The van der Waals surface area contributed by atoms with Gasteiger partial charge in [-0.1, -0.05) is 0 Å². The van der Waals surface area contributed by atoms with Gasteiger partial charge in [0, 0.05) is 19.6 Å². The average molecular weight is 309 g/mol. The minimum absolute atomic E-state index is 0.0709. The molecule has 1 aliphatic heterocycles. The average Bonchev–Trinajstić information content (AvgIpc) is 2.45. The number of hydrogen-bond acceptors (Lipinski definition) is 3. The minimum Gasteiger partial charge on any atom is -0.346 e.